The average molecular weight is 596 g/mol. The molecule has 0 saturated heterocycles. The van der Waals surface area contributed by atoms with Crippen LogP contribution in [-0.4, -0.2) is 51.8 Å². The van der Waals surface area contributed by atoms with Gasteiger partial charge in [0.2, 0.25) is 5.95 Å². The number of benzene rings is 3. The first-order chi connectivity index (χ1) is 21.4. The molecular weight excluding hydrogens is 562 g/mol. The smallest absolute Gasteiger partial charge is 0.306 e. The predicted molar refractivity (Wildman–Crippen MR) is 163 cm³/mol. The molecule has 1 unspecified atom stereocenters. The molecule has 0 spiro atoms. The van der Waals surface area contributed by atoms with Crippen molar-refractivity contribution >= 4 is 29.1 Å². The van der Waals surface area contributed by atoms with Crippen LogP contribution in [0.2, 0.25) is 0 Å². The van der Waals surface area contributed by atoms with Crippen LogP contribution in [0.25, 0.3) is 11.2 Å². The van der Waals surface area contributed by atoms with Gasteiger partial charge < -0.3 is 24.3 Å². The number of carbonyl (C=O) groups excluding carboxylic acids is 2. The van der Waals surface area contributed by atoms with Crippen LogP contribution in [0, 0.1) is 0 Å². The molecule has 2 heterocycles. The zero-order valence-corrected chi connectivity index (χ0v) is 24.7. The molecule has 0 bridgehead atoms. The van der Waals surface area contributed by atoms with E-state index in [1.165, 1.54) is 24.7 Å². The second kappa shape index (κ2) is 13.8. The van der Waals surface area contributed by atoms with Gasteiger partial charge in [-0.15, -0.1) is 0 Å². The van der Waals surface area contributed by atoms with Gasteiger partial charge in [-0.25, -0.2) is 9.97 Å². The summed E-state index contributed by atoms with van der Waals surface area (Å²) >= 11 is 0. The molecule has 0 aliphatic heterocycles. The van der Waals surface area contributed by atoms with Gasteiger partial charge in [0.15, 0.2) is 5.65 Å². The van der Waals surface area contributed by atoms with Crippen molar-refractivity contribution in [3.8, 4) is 5.75 Å². The van der Waals surface area contributed by atoms with Crippen LogP contribution in [0.1, 0.15) is 43.4 Å². The van der Waals surface area contributed by atoms with Crippen LogP contribution in [-0.2, 0) is 29.3 Å². The first kappa shape index (κ1) is 30.2. The number of imidazole rings is 1. The van der Waals surface area contributed by atoms with Crippen LogP contribution >= 0.6 is 0 Å². The highest BCUT2D eigenvalue weighted by atomic mass is 16.7. The van der Waals surface area contributed by atoms with Gasteiger partial charge in [0.05, 0.1) is 26.5 Å². The molecule has 0 amide bonds. The highest BCUT2D eigenvalue weighted by Gasteiger charge is 2.37. The highest BCUT2D eigenvalue weighted by Crippen LogP contribution is 2.40. The van der Waals surface area contributed by atoms with E-state index in [4.69, 9.17) is 23.9 Å². The first-order valence-corrected chi connectivity index (χ1v) is 14.1. The molecule has 2 aromatic heterocycles. The third-order valence-electron chi connectivity index (χ3n) is 6.90. The summed E-state index contributed by atoms with van der Waals surface area (Å²) in [6, 6.07) is 27.9. The molecule has 3 aromatic carbocycles. The van der Waals surface area contributed by atoms with E-state index in [1.807, 2.05) is 84.9 Å². The van der Waals surface area contributed by atoms with Crippen molar-refractivity contribution in [1.29, 1.82) is 0 Å². The van der Waals surface area contributed by atoms with E-state index < -0.39 is 17.9 Å². The fraction of sp³-hybridized carbons (Fsp3) is 0.242. The first-order valence-electron chi connectivity index (χ1n) is 14.1. The number of methoxy groups -OCH3 is 1. The number of nitrogens with zero attached hydrogens (tertiary/aromatic N) is 4. The third-order valence-corrected chi connectivity index (χ3v) is 6.90. The Labute approximate surface area is 254 Å². The summed E-state index contributed by atoms with van der Waals surface area (Å²) in [7, 11) is 1.63. The number of carbonyl (C=O) groups is 2. The standard InChI is InChI=1S/C33H33N5O6/c1-23(39)42-19-10-20-43-32(44-24(2)40)38-22-35-29-21-34-31(36-30(29)38)37-33(25-11-6-4-7-12-25,26-13-8-5-9-14-26)27-15-17-28(41-3)18-16-27/h4-9,11-18,21-22,32H,10,19-20H2,1-3H3,(H,34,36,37). The Morgan fingerprint density at radius 3 is 2.07 bits per heavy atom. The lowest BCUT2D eigenvalue weighted by Gasteiger charge is -2.37. The number of esters is 2. The Bertz CT molecular complexity index is 1650. The molecule has 1 atom stereocenters. The van der Waals surface area contributed by atoms with Crippen LogP contribution < -0.4 is 10.1 Å². The monoisotopic (exact) mass is 595 g/mol. The summed E-state index contributed by atoms with van der Waals surface area (Å²) in [6.07, 6.45) is 2.34. The average Bonchev–Trinajstić information content (AvgIpc) is 3.47. The van der Waals surface area contributed by atoms with Crippen LogP contribution in [0.15, 0.2) is 97.5 Å². The molecule has 0 aliphatic rings. The summed E-state index contributed by atoms with van der Waals surface area (Å²) in [5.41, 5.74) is 2.81. The van der Waals surface area contributed by atoms with Crippen molar-refractivity contribution in [2.24, 2.45) is 0 Å². The molecule has 0 radical (unpaired) electrons. The van der Waals surface area contributed by atoms with E-state index in [0.717, 1.165) is 22.4 Å². The number of nitrogens with one attached hydrogen (secondary N) is 1. The fourth-order valence-electron chi connectivity index (χ4n) is 4.91. The number of hydrogen-bond acceptors (Lipinski definition) is 10. The lowest BCUT2D eigenvalue weighted by atomic mass is 9.77. The van der Waals surface area contributed by atoms with Gasteiger partial charge in [-0.05, 0) is 28.8 Å². The van der Waals surface area contributed by atoms with Crippen molar-refractivity contribution in [3.05, 3.63) is 114 Å². The van der Waals surface area contributed by atoms with Crippen molar-refractivity contribution in [2.75, 3.05) is 25.6 Å². The molecule has 11 nitrogen and oxygen atoms in total. The molecule has 0 saturated carbocycles. The Hall–Kier alpha value is -5.29. The fourth-order valence-corrected chi connectivity index (χ4v) is 4.91. The largest absolute Gasteiger partial charge is 0.497 e. The molecule has 5 rings (SSSR count). The summed E-state index contributed by atoms with van der Waals surface area (Å²) in [6.45, 7) is 2.96. The normalized spacial score (nSPS) is 12.0. The van der Waals surface area contributed by atoms with E-state index in [2.05, 4.69) is 15.3 Å². The van der Waals surface area contributed by atoms with E-state index in [-0.39, 0.29) is 19.2 Å². The van der Waals surface area contributed by atoms with Gasteiger partial charge in [-0.3, -0.25) is 14.2 Å². The maximum Gasteiger partial charge on any atom is 0.306 e. The number of ether oxygens (including phenoxy) is 4. The van der Waals surface area contributed by atoms with Gasteiger partial charge >= 0.3 is 11.9 Å². The molecular formula is C33H33N5O6. The maximum absolute atomic E-state index is 12.0. The topological polar surface area (TPSA) is 127 Å². The second-order valence-electron chi connectivity index (χ2n) is 9.87. The number of aromatic nitrogens is 4. The van der Waals surface area contributed by atoms with E-state index >= 15 is 0 Å². The van der Waals surface area contributed by atoms with Crippen molar-refractivity contribution < 1.29 is 28.5 Å². The number of anilines is 1. The zero-order valence-electron chi connectivity index (χ0n) is 24.7. The van der Waals surface area contributed by atoms with Gasteiger partial charge in [0.1, 0.15) is 23.1 Å². The minimum Gasteiger partial charge on any atom is -0.497 e. The molecule has 1 N–H and O–H groups in total. The summed E-state index contributed by atoms with van der Waals surface area (Å²) < 4.78 is 23.2. The van der Waals surface area contributed by atoms with Gasteiger partial charge in [0, 0.05) is 20.3 Å². The Balaban J connectivity index is 1.57. The molecule has 0 aliphatic carbocycles. The van der Waals surface area contributed by atoms with E-state index in [1.54, 1.807) is 13.3 Å². The summed E-state index contributed by atoms with van der Waals surface area (Å²) in [4.78, 5) is 36.9. The molecule has 0 fully saturated rings. The second-order valence-corrected chi connectivity index (χ2v) is 9.87. The van der Waals surface area contributed by atoms with Gasteiger partial charge in [-0.1, -0.05) is 72.8 Å². The number of rotatable bonds is 13. The Morgan fingerprint density at radius 2 is 1.48 bits per heavy atom. The maximum atomic E-state index is 12.0. The Kier molecular flexibility index (Phi) is 9.46. The van der Waals surface area contributed by atoms with Gasteiger partial charge in [-0.2, -0.15) is 4.98 Å². The molecule has 5 aromatic rings. The summed E-state index contributed by atoms with van der Waals surface area (Å²) in [5, 5.41) is 3.64. The molecule has 44 heavy (non-hydrogen) atoms. The van der Waals surface area contributed by atoms with Crippen LogP contribution in [0.5, 0.6) is 5.75 Å². The van der Waals surface area contributed by atoms with Crippen molar-refractivity contribution in [2.45, 2.75) is 32.2 Å². The molecule has 226 valence electrons. The quantitative estimate of drug-likeness (QED) is 0.0837. The number of fused-ring (bicyclic) bond motifs is 1. The SMILES string of the molecule is COc1ccc(C(Nc2ncc3ncn(C(OCCCOC(C)=O)OC(C)=O)c3n2)(c2ccccc2)c2ccccc2)cc1. The third kappa shape index (κ3) is 6.68. The van der Waals surface area contributed by atoms with E-state index in [0.29, 0.717) is 23.5 Å². The van der Waals surface area contributed by atoms with E-state index in [9.17, 15) is 9.59 Å². The number of hydrogen-bond donors (Lipinski definition) is 1. The minimum absolute atomic E-state index is 0.156. The molecule has 11 heteroatoms. The van der Waals surface area contributed by atoms with Crippen molar-refractivity contribution in [3.63, 3.8) is 0 Å². The minimum atomic E-state index is -1.15. The van der Waals surface area contributed by atoms with Crippen molar-refractivity contribution in [1.82, 2.24) is 19.5 Å². The van der Waals surface area contributed by atoms with Crippen LogP contribution in [0.3, 0.4) is 0 Å². The zero-order chi connectivity index (χ0) is 30.9. The van der Waals surface area contributed by atoms with Gasteiger partial charge in [0.25, 0.3) is 6.41 Å². The highest BCUT2D eigenvalue weighted by molar-refractivity contribution is 5.72. The van der Waals surface area contributed by atoms with Crippen LogP contribution in [0.4, 0.5) is 5.95 Å². The Morgan fingerprint density at radius 1 is 0.841 bits per heavy atom. The predicted octanol–water partition coefficient (Wildman–Crippen LogP) is 5.23. The lowest BCUT2D eigenvalue weighted by molar-refractivity contribution is -0.199. The lowest BCUT2D eigenvalue weighted by Crippen LogP contribution is -2.38. The summed E-state index contributed by atoms with van der Waals surface area (Å²) in [5.74, 6) is 0.112.